The molecule has 0 amide bonds. The molecule has 152 valence electrons. The van der Waals surface area contributed by atoms with Crippen molar-refractivity contribution in [3.63, 3.8) is 0 Å². The lowest BCUT2D eigenvalue weighted by molar-refractivity contribution is 0.200. The number of hydrogen-bond acceptors (Lipinski definition) is 6. The van der Waals surface area contributed by atoms with Crippen LogP contribution in [0.5, 0.6) is 5.75 Å². The van der Waals surface area contributed by atoms with Crippen LogP contribution in [0.3, 0.4) is 0 Å². The Labute approximate surface area is 172 Å². The summed E-state index contributed by atoms with van der Waals surface area (Å²) in [6.07, 6.45) is 6.49. The summed E-state index contributed by atoms with van der Waals surface area (Å²) in [5.41, 5.74) is 2.99. The average molecular weight is 392 g/mol. The van der Waals surface area contributed by atoms with Crippen LogP contribution in [0.4, 0.5) is 5.82 Å². The van der Waals surface area contributed by atoms with Gasteiger partial charge < -0.3 is 9.64 Å². The van der Waals surface area contributed by atoms with Gasteiger partial charge in [0.05, 0.1) is 11.4 Å². The number of anilines is 1. The normalized spacial score (nSPS) is 21.1. The quantitative estimate of drug-likeness (QED) is 0.765. The van der Waals surface area contributed by atoms with E-state index >= 15 is 0 Å². The number of ether oxygens (including phenoxy) is 1. The smallest absolute Gasteiger partial charge is 0.132 e. The Balaban J connectivity index is 1.33. The molecule has 5 rings (SSSR count). The first-order valence-corrected chi connectivity index (χ1v) is 10.7. The second-order valence-corrected chi connectivity index (χ2v) is 8.92. The van der Waals surface area contributed by atoms with Gasteiger partial charge in [-0.3, -0.25) is 10.3 Å². The lowest BCUT2D eigenvalue weighted by atomic mass is 10.0. The van der Waals surface area contributed by atoms with Crippen molar-refractivity contribution in [1.29, 1.82) is 5.41 Å². The van der Waals surface area contributed by atoms with E-state index in [4.69, 9.17) is 10.1 Å². The van der Waals surface area contributed by atoms with Gasteiger partial charge in [0.2, 0.25) is 0 Å². The van der Waals surface area contributed by atoms with Crippen LogP contribution in [-0.2, 0) is 0 Å². The first-order chi connectivity index (χ1) is 14.0. The van der Waals surface area contributed by atoms with Crippen LogP contribution in [0.25, 0.3) is 0 Å². The van der Waals surface area contributed by atoms with Crippen molar-refractivity contribution in [2.45, 2.75) is 51.2 Å². The third-order valence-corrected chi connectivity index (χ3v) is 6.41. The van der Waals surface area contributed by atoms with Gasteiger partial charge in [-0.15, -0.1) is 0 Å². The fraction of sp³-hybridized carbons (Fsp3) is 0.522. The Hall–Kier alpha value is -2.47. The van der Waals surface area contributed by atoms with Gasteiger partial charge in [0, 0.05) is 43.9 Å². The number of rotatable bonds is 6. The highest BCUT2D eigenvalue weighted by molar-refractivity contribution is 6.11. The Kier molecular flexibility index (Phi) is 4.54. The molecule has 6 nitrogen and oxygen atoms in total. The van der Waals surface area contributed by atoms with Crippen LogP contribution < -0.4 is 9.64 Å². The zero-order valence-corrected chi connectivity index (χ0v) is 17.3. The topological polar surface area (TPSA) is 65.3 Å². The van der Waals surface area contributed by atoms with E-state index in [1.54, 1.807) is 6.33 Å². The maximum atomic E-state index is 8.79. The van der Waals surface area contributed by atoms with Crippen molar-refractivity contribution < 1.29 is 4.74 Å². The van der Waals surface area contributed by atoms with Gasteiger partial charge in [-0.25, -0.2) is 9.97 Å². The monoisotopic (exact) mass is 391 g/mol. The predicted molar refractivity (Wildman–Crippen MR) is 114 cm³/mol. The van der Waals surface area contributed by atoms with Crippen molar-refractivity contribution >= 4 is 11.5 Å². The molecule has 0 unspecified atom stereocenters. The minimum atomic E-state index is -0.0284. The van der Waals surface area contributed by atoms with Gasteiger partial charge in [0.1, 0.15) is 23.5 Å². The van der Waals surface area contributed by atoms with E-state index < -0.39 is 0 Å². The molecule has 1 N–H and O–H groups in total. The molecular weight excluding hydrogens is 362 g/mol. The minimum Gasteiger partial charge on any atom is -0.488 e. The van der Waals surface area contributed by atoms with Crippen molar-refractivity contribution in [3.8, 4) is 5.75 Å². The number of aryl methyl sites for hydroxylation is 1. The molecule has 1 aromatic heterocycles. The van der Waals surface area contributed by atoms with Crippen molar-refractivity contribution in [1.82, 2.24) is 14.9 Å². The molecule has 3 aliphatic rings. The fourth-order valence-electron chi connectivity index (χ4n) is 4.05. The number of aromatic nitrogens is 2. The number of hydrogen-bond donors (Lipinski definition) is 1. The molecule has 2 saturated carbocycles. The Morgan fingerprint density at radius 1 is 1.10 bits per heavy atom. The van der Waals surface area contributed by atoms with Crippen molar-refractivity contribution in [2.24, 2.45) is 0 Å². The first-order valence-electron chi connectivity index (χ1n) is 10.7. The van der Waals surface area contributed by atoms with E-state index in [1.165, 1.54) is 12.8 Å². The summed E-state index contributed by atoms with van der Waals surface area (Å²) in [5.74, 6) is 1.76. The summed E-state index contributed by atoms with van der Waals surface area (Å²) >= 11 is 0. The molecule has 2 heterocycles. The van der Waals surface area contributed by atoms with Crippen LogP contribution in [0, 0.1) is 12.3 Å². The van der Waals surface area contributed by atoms with Gasteiger partial charge in [-0.2, -0.15) is 0 Å². The molecule has 0 radical (unpaired) electrons. The molecule has 3 fully saturated rings. The summed E-state index contributed by atoms with van der Waals surface area (Å²) in [5, 5.41) is 8.79. The minimum absolute atomic E-state index is 0.0284. The van der Waals surface area contributed by atoms with Gasteiger partial charge in [-0.05, 0) is 57.2 Å². The molecule has 29 heavy (non-hydrogen) atoms. The van der Waals surface area contributed by atoms with Crippen LogP contribution >= 0.6 is 0 Å². The van der Waals surface area contributed by atoms with E-state index in [0.717, 1.165) is 67.8 Å². The zero-order valence-electron chi connectivity index (χ0n) is 17.3. The summed E-state index contributed by atoms with van der Waals surface area (Å²) in [7, 11) is 0. The highest BCUT2D eigenvalue weighted by atomic mass is 16.5. The van der Waals surface area contributed by atoms with E-state index in [0.29, 0.717) is 11.4 Å². The second-order valence-electron chi connectivity index (χ2n) is 8.92. The average Bonchev–Trinajstić information content (AvgIpc) is 3.67. The van der Waals surface area contributed by atoms with Crippen LogP contribution in [0.15, 0.2) is 30.6 Å². The van der Waals surface area contributed by atoms with Crippen LogP contribution in [0.2, 0.25) is 0 Å². The number of piperazine rings is 1. The highest BCUT2D eigenvalue weighted by Gasteiger charge is 2.40. The van der Waals surface area contributed by atoms with Crippen molar-refractivity contribution in [3.05, 3.63) is 47.4 Å². The maximum Gasteiger partial charge on any atom is 0.132 e. The summed E-state index contributed by atoms with van der Waals surface area (Å²) < 4.78 is 6.11. The van der Waals surface area contributed by atoms with Gasteiger partial charge in [0.15, 0.2) is 0 Å². The molecule has 1 aliphatic heterocycles. The molecule has 1 saturated heterocycles. The number of nitrogens with one attached hydrogen (secondary N) is 1. The zero-order chi connectivity index (χ0) is 20.0. The molecule has 0 bridgehead atoms. The largest absolute Gasteiger partial charge is 0.488 e. The fourth-order valence-corrected chi connectivity index (χ4v) is 4.05. The predicted octanol–water partition coefficient (Wildman–Crippen LogP) is 3.42. The Bertz CT molecular complexity index is 927. The molecule has 6 heteroatoms. The lowest BCUT2D eigenvalue weighted by Crippen LogP contribution is -2.47. The Morgan fingerprint density at radius 2 is 1.86 bits per heavy atom. The highest BCUT2D eigenvalue weighted by Crippen LogP contribution is 2.40. The SMILES string of the molecule is Cc1ccc(OC2(C)CC2)cc1C(=N)c1cc(N2CCN(C3CC3)CC2)ncn1. The second kappa shape index (κ2) is 7.10. The number of benzene rings is 1. The van der Waals surface area contributed by atoms with Gasteiger partial charge >= 0.3 is 0 Å². The van der Waals surface area contributed by atoms with Gasteiger partial charge in [0.25, 0.3) is 0 Å². The summed E-state index contributed by atoms with van der Waals surface area (Å²) in [6, 6.07) is 8.80. The Morgan fingerprint density at radius 3 is 2.55 bits per heavy atom. The van der Waals surface area contributed by atoms with E-state index in [2.05, 4.69) is 26.7 Å². The summed E-state index contributed by atoms with van der Waals surface area (Å²) in [6.45, 7) is 8.34. The molecule has 0 atom stereocenters. The standard InChI is InChI=1S/C23H29N5O/c1-16-3-6-18(29-23(2)7-8-23)13-19(16)22(24)20-14-21(26-15-25-20)28-11-9-27(10-12-28)17-4-5-17/h3,6,13-15,17,24H,4-5,7-12H2,1-2H3. The van der Waals surface area contributed by atoms with Crippen molar-refractivity contribution in [2.75, 3.05) is 31.1 Å². The van der Waals surface area contributed by atoms with E-state index in [-0.39, 0.29) is 5.60 Å². The van der Waals surface area contributed by atoms with E-state index in [1.807, 2.05) is 31.2 Å². The number of nitrogens with zero attached hydrogens (tertiary/aromatic N) is 4. The third kappa shape index (κ3) is 3.99. The molecule has 2 aromatic rings. The molecule has 0 spiro atoms. The first kappa shape index (κ1) is 18.6. The van der Waals surface area contributed by atoms with Crippen LogP contribution in [0.1, 0.15) is 49.4 Å². The molecule has 2 aliphatic carbocycles. The van der Waals surface area contributed by atoms with E-state index in [9.17, 15) is 0 Å². The third-order valence-electron chi connectivity index (χ3n) is 6.41. The summed E-state index contributed by atoms with van der Waals surface area (Å²) in [4.78, 5) is 13.8. The molecular formula is C23H29N5O. The lowest BCUT2D eigenvalue weighted by Gasteiger charge is -2.35. The van der Waals surface area contributed by atoms with Gasteiger partial charge in [-0.1, -0.05) is 6.07 Å². The molecule has 1 aromatic carbocycles. The van der Waals surface area contributed by atoms with Crippen LogP contribution in [-0.4, -0.2) is 58.4 Å². The maximum absolute atomic E-state index is 8.79.